The molecule has 1 aliphatic carbocycles. The number of rotatable bonds is 4. The molecule has 0 aliphatic heterocycles. The fourth-order valence-electron chi connectivity index (χ4n) is 3.49. The van der Waals surface area contributed by atoms with E-state index in [4.69, 9.17) is 4.74 Å². The number of fused-ring (bicyclic) bond motifs is 1. The molecule has 5 nitrogen and oxygen atoms in total. The Bertz CT molecular complexity index is 810. The van der Waals surface area contributed by atoms with Crippen molar-refractivity contribution in [2.45, 2.75) is 58.6 Å². The van der Waals surface area contributed by atoms with Crippen molar-refractivity contribution in [1.29, 1.82) is 0 Å². The Morgan fingerprint density at radius 1 is 1.20 bits per heavy atom. The first kappa shape index (κ1) is 17.4. The molecule has 0 saturated heterocycles. The molecule has 1 N–H and O–H groups in total. The summed E-state index contributed by atoms with van der Waals surface area (Å²) in [7, 11) is 0. The van der Waals surface area contributed by atoms with Crippen LogP contribution in [0, 0.1) is 13.8 Å². The van der Waals surface area contributed by atoms with Crippen molar-refractivity contribution in [3.8, 4) is 0 Å². The molecule has 1 unspecified atom stereocenters. The third-order valence-electron chi connectivity index (χ3n) is 4.89. The summed E-state index contributed by atoms with van der Waals surface area (Å²) < 4.78 is 5.43. The predicted octanol–water partition coefficient (Wildman–Crippen LogP) is 3.46. The Hall–Kier alpha value is -2.43. The molecule has 0 bridgehead atoms. The van der Waals surface area contributed by atoms with Crippen LogP contribution in [-0.2, 0) is 9.53 Å². The summed E-state index contributed by atoms with van der Waals surface area (Å²) in [6, 6.07) is 7.90. The maximum Gasteiger partial charge on any atom is 0.341 e. The summed E-state index contributed by atoms with van der Waals surface area (Å²) in [6.45, 7) is 5.29. The highest BCUT2D eigenvalue weighted by molar-refractivity contribution is 5.99. The molecule has 1 aliphatic rings. The lowest BCUT2D eigenvalue weighted by atomic mass is 10.0. The molecule has 25 heavy (non-hydrogen) atoms. The zero-order valence-electron chi connectivity index (χ0n) is 15.0. The normalized spacial score (nSPS) is 16.0. The molecule has 1 aromatic heterocycles. The number of para-hydroxylation sites is 1. The number of aryl methyl sites for hydroxylation is 2. The van der Waals surface area contributed by atoms with Gasteiger partial charge in [0.15, 0.2) is 6.10 Å². The first-order valence-electron chi connectivity index (χ1n) is 8.84. The molecule has 1 heterocycles. The van der Waals surface area contributed by atoms with Gasteiger partial charge in [0, 0.05) is 11.4 Å². The highest BCUT2D eigenvalue weighted by Crippen LogP contribution is 2.23. The molecule has 1 amide bonds. The van der Waals surface area contributed by atoms with Gasteiger partial charge in [0.2, 0.25) is 0 Å². The maximum atomic E-state index is 12.6. The largest absolute Gasteiger partial charge is 0.449 e. The van der Waals surface area contributed by atoms with E-state index < -0.39 is 12.1 Å². The molecule has 1 saturated carbocycles. The van der Waals surface area contributed by atoms with Crippen molar-refractivity contribution in [3.05, 3.63) is 41.1 Å². The molecule has 0 radical (unpaired) electrons. The van der Waals surface area contributed by atoms with E-state index in [1.54, 1.807) is 13.8 Å². The Kier molecular flexibility index (Phi) is 5.02. The summed E-state index contributed by atoms with van der Waals surface area (Å²) >= 11 is 0. The molecular formula is C20H24N2O3. The minimum absolute atomic E-state index is 0.208. The molecule has 5 heteroatoms. The molecule has 0 spiro atoms. The van der Waals surface area contributed by atoms with E-state index in [0.717, 1.165) is 42.1 Å². The summed E-state index contributed by atoms with van der Waals surface area (Å²) in [5.41, 5.74) is 2.74. The smallest absolute Gasteiger partial charge is 0.341 e. The summed E-state index contributed by atoms with van der Waals surface area (Å²) in [5, 5.41) is 3.88. The summed E-state index contributed by atoms with van der Waals surface area (Å²) in [5.74, 6) is -0.730. The van der Waals surface area contributed by atoms with Gasteiger partial charge in [-0.3, -0.25) is 9.78 Å². The second kappa shape index (κ2) is 7.21. The van der Waals surface area contributed by atoms with Gasteiger partial charge in [0.25, 0.3) is 5.91 Å². The van der Waals surface area contributed by atoms with Gasteiger partial charge >= 0.3 is 5.97 Å². The van der Waals surface area contributed by atoms with E-state index in [0.29, 0.717) is 11.3 Å². The van der Waals surface area contributed by atoms with Crippen LogP contribution in [-0.4, -0.2) is 29.0 Å². The number of esters is 1. The van der Waals surface area contributed by atoms with Crippen LogP contribution in [0.25, 0.3) is 10.9 Å². The van der Waals surface area contributed by atoms with Gasteiger partial charge in [-0.2, -0.15) is 0 Å². The van der Waals surface area contributed by atoms with Crippen molar-refractivity contribution >= 4 is 22.8 Å². The fourth-order valence-corrected chi connectivity index (χ4v) is 3.49. The van der Waals surface area contributed by atoms with Gasteiger partial charge in [-0.05, 0) is 45.2 Å². The number of hydrogen-bond donors (Lipinski definition) is 1. The number of carbonyl (C=O) groups excluding carboxylic acids is 2. The molecule has 1 fully saturated rings. The number of aromatic nitrogens is 1. The van der Waals surface area contributed by atoms with Crippen molar-refractivity contribution in [1.82, 2.24) is 10.3 Å². The highest BCUT2D eigenvalue weighted by atomic mass is 16.5. The lowest BCUT2D eigenvalue weighted by molar-refractivity contribution is -0.129. The van der Waals surface area contributed by atoms with Gasteiger partial charge in [-0.15, -0.1) is 0 Å². The van der Waals surface area contributed by atoms with Crippen LogP contribution in [0.2, 0.25) is 0 Å². The van der Waals surface area contributed by atoms with E-state index in [-0.39, 0.29) is 11.9 Å². The predicted molar refractivity (Wildman–Crippen MR) is 96.5 cm³/mol. The van der Waals surface area contributed by atoms with Crippen LogP contribution in [0.1, 0.15) is 54.2 Å². The number of hydrogen-bond acceptors (Lipinski definition) is 4. The topological polar surface area (TPSA) is 68.3 Å². The third kappa shape index (κ3) is 3.65. The summed E-state index contributed by atoms with van der Waals surface area (Å²) in [4.78, 5) is 29.4. The minimum Gasteiger partial charge on any atom is -0.449 e. The Balaban J connectivity index is 1.76. The van der Waals surface area contributed by atoms with Gasteiger partial charge in [0.1, 0.15) is 0 Å². The third-order valence-corrected chi connectivity index (χ3v) is 4.89. The average molecular weight is 340 g/mol. The lowest BCUT2D eigenvalue weighted by Crippen LogP contribution is -2.41. The number of amides is 1. The number of pyridine rings is 1. The molecule has 3 rings (SSSR count). The van der Waals surface area contributed by atoms with E-state index in [2.05, 4.69) is 10.3 Å². The molecule has 132 valence electrons. The number of carbonyl (C=O) groups is 2. The van der Waals surface area contributed by atoms with Crippen molar-refractivity contribution in [2.24, 2.45) is 0 Å². The number of ether oxygens (including phenoxy) is 1. The van der Waals surface area contributed by atoms with Crippen LogP contribution in [0.5, 0.6) is 0 Å². The van der Waals surface area contributed by atoms with E-state index in [1.807, 2.05) is 31.2 Å². The number of nitrogens with zero attached hydrogens (tertiary/aromatic N) is 1. The number of benzene rings is 1. The van der Waals surface area contributed by atoms with Crippen LogP contribution >= 0.6 is 0 Å². The van der Waals surface area contributed by atoms with Gasteiger partial charge in [-0.1, -0.05) is 31.0 Å². The standard InChI is InChI=1S/C20H24N2O3/c1-12-16-10-6-7-11-17(16)21-13(2)18(12)20(24)25-14(3)19(23)22-15-8-4-5-9-15/h6-7,10-11,14-15H,4-5,8-9H2,1-3H3,(H,22,23). The van der Waals surface area contributed by atoms with E-state index in [9.17, 15) is 9.59 Å². The first-order chi connectivity index (χ1) is 12.0. The second-order valence-electron chi connectivity index (χ2n) is 6.75. The fraction of sp³-hybridized carbons (Fsp3) is 0.450. The average Bonchev–Trinajstić information content (AvgIpc) is 3.07. The molecule has 2 aromatic rings. The Labute approximate surface area is 147 Å². The van der Waals surface area contributed by atoms with Crippen LogP contribution in [0.15, 0.2) is 24.3 Å². The van der Waals surface area contributed by atoms with E-state index in [1.165, 1.54) is 0 Å². The zero-order chi connectivity index (χ0) is 18.0. The van der Waals surface area contributed by atoms with Gasteiger partial charge < -0.3 is 10.1 Å². The van der Waals surface area contributed by atoms with Crippen molar-refractivity contribution < 1.29 is 14.3 Å². The van der Waals surface area contributed by atoms with E-state index >= 15 is 0 Å². The van der Waals surface area contributed by atoms with Crippen molar-refractivity contribution in [2.75, 3.05) is 0 Å². The first-order valence-corrected chi connectivity index (χ1v) is 8.84. The zero-order valence-corrected chi connectivity index (χ0v) is 15.0. The lowest BCUT2D eigenvalue weighted by Gasteiger charge is -2.18. The minimum atomic E-state index is -0.821. The monoisotopic (exact) mass is 340 g/mol. The summed E-state index contributed by atoms with van der Waals surface area (Å²) in [6.07, 6.45) is 3.46. The van der Waals surface area contributed by atoms with Crippen LogP contribution in [0.3, 0.4) is 0 Å². The van der Waals surface area contributed by atoms with Crippen molar-refractivity contribution in [3.63, 3.8) is 0 Å². The van der Waals surface area contributed by atoms with Crippen LogP contribution in [0.4, 0.5) is 0 Å². The second-order valence-corrected chi connectivity index (χ2v) is 6.75. The van der Waals surface area contributed by atoms with Gasteiger partial charge in [0.05, 0.1) is 16.8 Å². The molecule has 1 aromatic carbocycles. The quantitative estimate of drug-likeness (QED) is 0.866. The molecule has 1 atom stereocenters. The Morgan fingerprint density at radius 2 is 1.88 bits per heavy atom. The van der Waals surface area contributed by atoms with Crippen LogP contribution < -0.4 is 5.32 Å². The van der Waals surface area contributed by atoms with Gasteiger partial charge in [-0.25, -0.2) is 4.79 Å². The number of nitrogens with one attached hydrogen (secondary N) is 1. The highest BCUT2D eigenvalue weighted by Gasteiger charge is 2.25. The maximum absolute atomic E-state index is 12.6. The molecular weight excluding hydrogens is 316 g/mol. The Morgan fingerprint density at radius 3 is 2.60 bits per heavy atom. The SMILES string of the molecule is Cc1nc2ccccc2c(C)c1C(=O)OC(C)C(=O)NC1CCCC1.